The summed E-state index contributed by atoms with van der Waals surface area (Å²) in [5, 5.41) is 12.4. The molecule has 5 nitrogen and oxygen atoms in total. The van der Waals surface area contributed by atoms with E-state index in [1.54, 1.807) is 0 Å². The van der Waals surface area contributed by atoms with Gasteiger partial charge in [0, 0.05) is 43.8 Å². The summed E-state index contributed by atoms with van der Waals surface area (Å²) in [6.07, 6.45) is 3.80. The van der Waals surface area contributed by atoms with Crippen molar-refractivity contribution >= 4 is 0 Å². The summed E-state index contributed by atoms with van der Waals surface area (Å²) in [6.45, 7) is 6.63. The maximum Gasteiger partial charge on any atom is 0.0659 e. The van der Waals surface area contributed by atoms with Crippen molar-refractivity contribution in [1.82, 2.24) is 24.9 Å². The molecule has 2 aromatic carbocycles. The van der Waals surface area contributed by atoms with Crippen molar-refractivity contribution in [2.45, 2.75) is 33.5 Å². The van der Waals surface area contributed by atoms with E-state index in [0.717, 1.165) is 25.3 Å². The number of hydrogen-bond acceptors (Lipinski definition) is 3. The molecule has 0 fully saturated rings. The SMILES string of the molecule is Cc1nn(C)c(C)c1CNCc1ccccc1-c1ccc(Cn2cccn2)cc1. The van der Waals surface area contributed by atoms with Crippen LogP contribution >= 0.6 is 0 Å². The van der Waals surface area contributed by atoms with Gasteiger partial charge in [0.15, 0.2) is 0 Å². The third-order valence-corrected chi connectivity index (χ3v) is 5.46. The monoisotopic (exact) mass is 385 g/mol. The van der Waals surface area contributed by atoms with Gasteiger partial charge < -0.3 is 5.32 Å². The first-order valence-corrected chi connectivity index (χ1v) is 9.96. The molecule has 0 radical (unpaired) electrons. The van der Waals surface area contributed by atoms with Crippen LogP contribution < -0.4 is 5.32 Å². The zero-order valence-corrected chi connectivity index (χ0v) is 17.3. The lowest BCUT2D eigenvalue weighted by molar-refractivity contribution is 0.684. The van der Waals surface area contributed by atoms with Crippen LogP contribution in [0.15, 0.2) is 67.0 Å². The minimum atomic E-state index is 0.792. The molecule has 2 aromatic heterocycles. The van der Waals surface area contributed by atoms with Gasteiger partial charge in [0.2, 0.25) is 0 Å². The molecule has 0 spiro atoms. The summed E-state index contributed by atoms with van der Waals surface area (Å²) >= 11 is 0. The molecule has 4 rings (SSSR count). The van der Waals surface area contributed by atoms with Gasteiger partial charge in [-0.1, -0.05) is 48.5 Å². The highest BCUT2D eigenvalue weighted by molar-refractivity contribution is 5.67. The molecule has 0 bridgehead atoms. The van der Waals surface area contributed by atoms with Crippen molar-refractivity contribution < 1.29 is 0 Å². The average molecular weight is 386 g/mol. The zero-order chi connectivity index (χ0) is 20.2. The molecule has 2 heterocycles. The quantitative estimate of drug-likeness (QED) is 0.518. The van der Waals surface area contributed by atoms with E-state index < -0.39 is 0 Å². The Morgan fingerprint density at radius 3 is 2.41 bits per heavy atom. The lowest BCUT2D eigenvalue weighted by Crippen LogP contribution is -2.14. The second kappa shape index (κ2) is 8.45. The van der Waals surface area contributed by atoms with Crippen molar-refractivity contribution in [3.05, 3.63) is 95.1 Å². The third-order valence-electron chi connectivity index (χ3n) is 5.46. The first-order valence-electron chi connectivity index (χ1n) is 9.96. The van der Waals surface area contributed by atoms with E-state index in [9.17, 15) is 0 Å². The molecule has 0 saturated heterocycles. The van der Waals surface area contributed by atoms with Gasteiger partial charge in [0.05, 0.1) is 12.2 Å². The number of aromatic nitrogens is 4. The number of nitrogens with zero attached hydrogens (tertiary/aromatic N) is 4. The first kappa shape index (κ1) is 19.2. The van der Waals surface area contributed by atoms with E-state index in [-0.39, 0.29) is 0 Å². The fraction of sp³-hybridized carbons (Fsp3) is 0.250. The maximum absolute atomic E-state index is 4.51. The predicted octanol–water partition coefficient (Wildman–Crippen LogP) is 4.24. The van der Waals surface area contributed by atoms with E-state index in [2.05, 4.69) is 77.9 Å². The highest BCUT2D eigenvalue weighted by Gasteiger charge is 2.10. The second-order valence-corrected chi connectivity index (χ2v) is 7.43. The van der Waals surface area contributed by atoms with Gasteiger partial charge in [0.25, 0.3) is 0 Å². The fourth-order valence-corrected chi connectivity index (χ4v) is 3.72. The smallest absolute Gasteiger partial charge is 0.0659 e. The average Bonchev–Trinajstić information content (AvgIpc) is 3.32. The number of hydrogen-bond donors (Lipinski definition) is 1. The van der Waals surface area contributed by atoms with Gasteiger partial charge in [-0.2, -0.15) is 10.2 Å². The molecule has 4 aromatic rings. The van der Waals surface area contributed by atoms with E-state index in [4.69, 9.17) is 0 Å². The molecule has 0 amide bonds. The Balaban J connectivity index is 1.46. The molecule has 1 N–H and O–H groups in total. The highest BCUT2D eigenvalue weighted by Crippen LogP contribution is 2.24. The standard InChI is InChI=1S/C24H27N5/c1-18-24(19(2)28(3)27-18)16-25-15-22-7-4-5-8-23(22)21-11-9-20(10-12-21)17-29-14-6-13-26-29/h4-14,25H,15-17H2,1-3H3. The lowest BCUT2D eigenvalue weighted by Gasteiger charge is -2.12. The minimum Gasteiger partial charge on any atom is -0.308 e. The third kappa shape index (κ3) is 4.30. The van der Waals surface area contributed by atoms with E-state index in [1.807, 2.05) is 34.9 Å². The lowest BCUT2D eigenvalue weighted by atomic mass is 9.98. The Bertz CT molecular complexity index is 1080. The summed E-state index contributed by atoms with van der Waals surface area (Å²) in [7, 11) is 2.00. The summed E-state index contributed by atoms with van der Waals surface area (Å²) in [4.78, 5) is 0. The van der Waals surface area contributed by atoms with Crippen molar-refractivity contribution in [1.29, 1.82) is 0 Å². The van der Waals surface area contributed by atoms with E-state index in [0.29, 0.717) is 0 Å². The Morgan fingerprint density at radius 2 is 1.72 bits per heavy atom. The molecule has 5 heteroatoms. The van der Waals surface area contributed by atoms with Crippen LogP contribution in [-0.2, 0) is 26.7 Å². The Labute approximate surface area is 172 Å². The molecule has 0 aliphatic heterocycles. The largest absolute Gasteiger partial charge is 0.308 e. The summed E-state index contributed by atoms with van der Waals surface area (Å²) in [5.74, 6) is 0. The van der Waals surface area contributed by atoms with Crippen LogP contribution in [0.2, 0.25) is 0 Å². The molecule has 0 unspecified atom stereocenters. The number of rotatable bonds is 7. The normalized spacial score (nSPS) is 11.1. The van der Waals surface area contributed by atoms with Gasteiger partial charge in [-0.05, 0) is 42.2 Å². The van der Waals surface area contributed by atoms with Crippen LogP contribution in [-0.4, -0.2) is 19.6 Å². The zero-order valence-electron chi connectivity index (χ0n) is 17.3. The van der Waals surface area contributed by atoms with Crippen LogP contribution in [0, 0.1) is 13.8 Å². The van der Waals surface area contributed by atoms with Crippen LogP contribution in [0.4, 0.5) is 0 Å². The Kier molecular flexibility index (Phi) is 5.58. The van der Waals surface area contributed by atoms with Crippen LogP contribution in [0.5, 0.6) is 0 Å². The van der Waals surface area contributed by atoms with E-state index >= 15 is 0 Å². The van der Waals surface area contributed by atoms with E-state index in [1.165, 1.54) is 33.5 Å². The van der Waals surface area contributed by atoms with Crippen molar-refractivity contribution in [2.24, 2.45) is 7.05 Å². The highest BCUT2D eigenvalue weighted by atomic mass is 15.3. The molecule has 0 aliphatic rings. The summed E-state index contributed by atoms with van der Waals surface area (Å²) < 4.78 is 3.89. The molecule has 0 atom stereocenters. The van der Waals surface area contributed by atoms with Gasteiger partial charge in [-0.25, -0.2) is 0 Å². The predicted molar refractivity (Wildman–Crippen MR) is 116 cm³/mol. The molecule has 148 valence electrons. The molecule has 29 heavy (non-hydrogen) atoms. The minimum absolute atomic E-state index is 0.792. The maximum atomic E-state index is 4.51. The first-order chi connectivity index (χ1) is 14.1. The Morgan fingerprint density at radius 1 is 0.931 bits per heavy atom. The van der Waals surface area contributed by atoms with Gasteiger partial charge >= 0.3 is 0 Å². The van der Waals surface area contributed by atoms with Crippen molar-refractivity contribution in [3.8, 4) is 11.1 Å². The van der Waals surface area contributed by atoms with Crippen LogP contribution in [0.25, 0.3) is 11.1 Å². The fourth-order valence-electron chi connectivity index (χ4n) is 3.72. The Hall–Kier alpha value is -3.18. The molecular formula is C24H27N5. The van der Waals surface area contributed by atoms with Crippen molar-refractivity contribution in [3.63, 3.8) is 0 Å². The molecular weight excluding hydrogens is 358 g/mol. The van der Waals surface area contributed by atoms with Gasteiger partial charge in [0.1, 0.15) is 0 Å². The molecule has 0 aliphatic carbocycles. The van der Waals surface area contributed by atoms with Crippen LogP contribution in [0.1, 0.15) is 28.1 Å². The topological polar surface area (TPSA) is 47.7 Å². The summed E-state index contributed by atoms with van der Waals surface area (Å²) in [6, 6.07) is 19.3. The van der Waals surface area contributed by atoms with Crippen LogP contribution in [0.3, 0.4) is 0 Å². The second-order valence-electron chi connectivity index (χ2n) is 7.43. The number of nitrogens with one attached hydrogen (secondary N) is 1. The van der Waals surface area contributed by atoms with Crippen molar-refractivity contribution in [2.75, 3.05) is 0 Å². The number of aryl methyl sites for hydroxylation is 2. The summed E-state index contributed by atoms with van der Waals surface area (Å²) in [5.41, 5.74) is 8.65. The molecule has 0 saturated carbocycles. The van der Waals surface area contributed by atoms with Gasteiger partial charge in [-0.3, -0.25) is 9.36 Å². The number of benzene rings is 2. The van der Waals surface area contributed by atoms with Gasteiger partial charge in [-0.15, -0.1) is 0 Å².